The summed E-state index contributed by atoms with van der Waals surface area (Å²) in [4.78, 5) is 17.9. The number of nitrogens with zero attached hydrogens (tertiary/aromatic N) is 3. The van der Waals surface area contributed by atoms with Crippen molar-refractivity contribution in [3.8, 4) is 5.82 Å². The standard InChI is InChI=1S/C10H11BrN4O/c1-6(2)7-3-4-15(14-7)9-8(11)10(16)13-5-12-9/h3-6H,1-2H3,(H,12,13,16). The first-order chi connectivity index (χ1) is 7.59. The second kappa shape index (κ2) is 4.21. The Bertz CT molecular complexity index is 558. The van der Waals surface area contributed by atoms with Crippen LogP contribution in [0.5, 0.6) is 0 Å². The van der Waals surface area contributed by atoms with Gasteiger partial charge in [0, 0.05) is 6.20 Å². The van der Waals surface area contributed by atoms with Crippen LogP contribution in [-0.2, 0) is 0 Å². The fraction of sp³-hybridized carbons (Fsp3) is 0.300. The molecule has 0 aromatic carbocycles. The molecule has 0 unspecified atom stereocenters. The number of aromatic nitrogens is 4. The van der Waals surface area contributed by atoms with E-state index in [9.17, 15) is 4.79 Å². The molecule has 16 heavy (non-hydrogen) atoms. The number of rotatable bonds is 2. The molecule has 1 N–H and O–H groups in total. The van der Waals surface area contributed by atoms with E-state index in [1.807, 2.05) is 6.07 Å². The van der Waals surface area contributed by atoms with E-state index in [4.69, 9.17) is 0 Å². The van der Waals surface area contributed by atoms with E-state index in [-0.39, 0.29) is 5.56 Å². The lowest BCUT2D eigenvalue weighted by molar-refractivity contribution is 0.752. The Kier molecular flexibility index (Phi) is 2.91. The first-order valence-electron chi connectivity index (χ1n) is 4.88. The summed E-state index contributed by atoms with van der Waals surface area (Å²) in [7, 11) is 0. The van der Waals surface area contributed by atoms with Gasteiger partial charge in [-0.2, -0.15) is 5.10 Å². The van der Waals surface area contributed by atoms with Crippen LogP contribution >= 0.6 is 15.9 Å². The summed E-state index contributed by atoms with van der Waals surface area (Å²) in [6, 6.07) is 1.92. The Morgan fingerprint density at radius 1 is 1.50 bits per heavy atom. The maximum Gasteiger partial charge on any atom is 0.267 e. The summed E-state index contributed by atoms with van der Waals surface area (Å²) in [6.07, 6.45) is 3.15. The van der Waals surface area contributed by atoms with E-state index in [2.05, 4.69) is 44.8 Å². The number of nitrogens with one attached hydrogen (secondary N) is 1. The van der Waals surface area contributed by atoms with Gasteiger partial charge in [-0.05, 0) is 27.9 Å². The SMILES string of the molecule is CC(C)c1ccn(-c2nc[nH]c(=O)c2Br)n1. The Labute approximate surface area is 101 Å². The zero-order chi connectivity index (χ0) is 11.7. The minimum atomic E-state index is -0.216. The van der Waals surface area contributed by atoms with Crippen molar-refractivity contribution in [1.29, 1.82) is 0 Å². The first kappa shape index (κ1) is 11.1. The maximum absolute atomic E-state index is 11.4. The minimum Gasteiger partial charge on any atom is -0.312 e. The summed E-state index contributed by atoms with van der Waals surface area (Å²) in [5.74, 6) is 0.845. The quantitative estimate of drug-likeness (QED) is 0.914. The van der Waals surface area contributed by atoms with E-state index >= 15 is 0 Å². The molecule has 0 radical (unpaired) electrons. The predicted molar refractivity (Wildman–Crippen MR) is 63.8 cm³/mol. The van der Waals surface area contributed by atoms with Gasteiger partial charge in [0.15, 0.2) is 5.82 Å². The van der Waals surface area contributed by atoms with Crippen LogP contribution in [0.3, 0.4) is 0 Å². The summed E-state index contributed by atoms with van der Waals surface area (Å²) in [6.45, 7) is 4.12. The van der Waals surface area contributed by atoms with Gasteiger partial charge >= 0.3 is 0 Å². The molecule has 2 aromatic rings. The van der Waals surface area contributed by atoms with Gasteiger partial charge in [-0.15, -0.1) is 0 Å². The van der Waals surface area contributed by atoms with Gasteiger partial charge in [0.25, 0.3) is 5.56 Å². The van der Waals surface area contributed by atoms with Crippen LogP contribution in [-0.4, -0.2) is 19.7 Å². The van der Waals surface area contributed by atoms with Crippen molar-refractivity contribution in [1.82, 2.24) is 19.7 Å². The van der Waals surface area contributed by atoms with Crippen molar-refractivity contribution in [3.63, 3.8) is 0 Å². The van der Waals surface area contributed by atoms with Crippen LogP contribution in [0, 0.1) is 0 Å². The van der Waals surface area contributed by atoms with Crippen LogP contribution in [0.15, 0.2) is 27.9 Å². The second-order valence-electron chi connectivity index (χ2n) is 3.71. The third kappa shape index (κ3) is 1.92. The average Bonchev–Trinajstić information content (AvgIpc) is 2.71. The highest BCUT2D eigenvalue weighted by atomic mass is 79.9. The van der Waals surface area contributed by atoms with Gasteiger partial charge in [0.2, 0.25) is 0 Å². The molecule has 2 aromatic heterocycles. The van der Waals surface area contributed by atoms with Crippen molar-refractivity contribution in [2.75, 3.05) is 0 Å². The molecule has 5 nitrogen and oxygen atoms in total. The van der Waals surface area contributed by atoms with E-state index in [0.29, 0.717) is 16.2 Å². The third-order valence-electron chi connectivity index (χ3n) is 2.20. The zero-order valence-corrected chi connectivity index (χ0v) is 10.5. The molecule has 6 heteroatoms. The van der Waals surface area contributed by atoms with Crippen LogP contribution < -0.4 is 5.56 Å². The van der Waals surface area contributed by atoms with Crippen molar-refractivity contribution >= 4 is 15.9 Å². The molecule has 0 amide bonds. The molecule has 0 aliphatic carbocycles. The Hall–Kier alpha value is -1.43. The van der Waals surface area contributed by atoms with Crippen LogP contribution in [0.4, 0.5) is 0 Å². The van der Waals surface area contributed by atoms with Gasteiger partial charge in [0.05, 0.1) is 12.0 Å². The van der Waals surface area contributed by atoms with Gasteiger partial charge in [0.1, 0.15) is 4.47 Å². The summed E-state index contributed by atoms with van der Waals surface area (Å²) in [5, 5.41) is 4.35. The summed E-state index contributed by atoms with van der Waals surface area (Å²) >= 11 is 3.20. The highest BCUT2D eigenvalue weighted by Gasteiger charge is 2.10. The monoisotopic (exact) mass is 282 g/mol. The molecule has 0 saturated carbocycles. The third-order valence-corrected chi connectivity index (χ3v) is 2.91. The fourth-order valence-corrected chi connectivity index (χ4v) is 1.70. The normalized spacial score (nSPS) is 11.0. The zero-order valence-electron chi connectivity index (χ0n) is 8.94. The maximum atomic E-state index is 11.4. The Morgan fingerprint density at radius 3 is 2.88 bits per heavy atom. The summed E-state index contributed by atoms with van der Waals surface area (Å²) < 4.78 is 1.97. The van der Waals surface area contributed by atoms with Gasteiger partial charge < -0.3 is 4.98 Å². The molecular formula is C10H11BrN4O. The van der Waals surface area contributed by atoms with Crippen LogP contribution in [0.2, 0.25) is 0 Å². The highest BCUT2D eigenvalue weighted by molar-refractivity contribution is 9.10. The van der Waals surface area contributed by atoms with Gasteiger partial charge in [-0.25, -0.2) is 9.67 Å². The molecule has 2 heterocycles. The predicted octanol–water partition coefficient (Wildman–Crippen LogP) is 1.84. The van der Waals surface area contributed by atoms with Crippen molar-refractivity contribution in [2.24, 2.45) is 0 Å². The van der Waals surface area contributed by atoms with Gasteiger partial charge in [-0.1, -0.05) is 13.8 Å². The van der Waals surface area contributed by atoms with Crippen LogP contribution in [0.25, 0.3) is 5.82 Å². The summed E-state index contributed by atoms with van der Waals surface area (Å²) in [5.41, 5.74) is 0.751. The Morgan fingerprint density at radius 2 is 2.25 bits per heavy atom. The molecule has 2 rings (SSSR count). The van der Waals surface area contributed by atoms with E-state index in [1.54, 1.807) is 10.9 Å². The number of hydrogen-bond acceptors (Lipinski definition) is 3. The topological polar surface area (TPSA) is 63.6 Å². The molecule has 0 fully saturated rings. The van der Waals surface area contributed by atoms with E-state index < -0.39 is 0 Å². The molecule has 0 spiro atoms. The molecule has 0 aliphatic heterocycles. The Balaban J connectivity index is 2.51. The highest BCUT2D eigenvalue weighted by Crippen LogP contribution is 2.16. The van der Waals surface area contributed by atoms with Crippen LogP contribution in [0.1, 0.15) is 25.5 Å². The van der Waals surface area contributed by atoms with Crippen molar-refractivity contribution in [3.05, 3.63) is 39.1 Å². The lowest BCUT2D eigenvalue weighted by atomic mass is 10.1. The first-order valence-corrected chi connectivity index (χ1v) is 5.68. The molecule has 0 aliphatic rings. The number of halogens is 1. The second-order valence-corrected chi connectivity index (χ2v) is 4.50. The minimum absolute atomic E-state index is 0.216. The average molecular weight is 283 g/mol. The lowest BCUT2D eigenvalue weighted by Gasteiger charge is -2.02. The molecule has 0 saturated heterocycles. The largest absolute Gasteiger partial charge is 0.312 e. The number of hydrogen-bond donors (Lipinski definition) is 1. The molecule has 0 atom stereocenters. The number of H-pyrrole nitrogens is 1. The fourth-order valence-electron chi connectivity index (χ4n) is 1.30. The lowest BCUT2D eigenvalue weighted by Crippen LogP contribution is -2.12. The smallest absolute Gasteiger partial charge is 0.267 e. The molecule has 0 bridgehead atoms. The number of aromatic amines is 1. The van der Waals surface area contributed by atoms with Crippen molar-refractivity contribution in [2.45, 2.75) is 19.8 Å². The van der Waals surface area contributed by atoms with Gasteiger partial charge in [-0.3, -0.25) is 4.79 Å². The molecule has 84 valence electrons. The van der Waals surface area contributed by atoms with Crippen molar-refractivity contribution < 1.29 is 0 Å². The molecular weight excluding hydrogens is 272 g/mol. The van der Waals surface area contributed by atoms with E-state index in [0.717, 1.165) is 5.69 Å². The van der Waals surface area contributed by atoms with E-state index in [1.165, 1.54) is 6.33 Å².